The van der Waals surface area contributed by atoms with E-state index in [1.165, 1.54) is 6.20 Å². The van der Waals surface area contributed by atoms with Crippen molar-refractivity contribution in [1.29, 1.82) is 0 Å². The Morgan fingerprint density at radius 2 is 1.74 bits per heavy atom. The van der Waals surface area contributed by atoms with E-state index in [4.69, 9.17) is 4.98 Å². The molecule has 0 amide bonds. The molecule has 0 bridgehead atoms. The van der Waals surface area contributed by atoms with E-state index in [1.54, 1.807) is 30.9 Å². The van der Waals surface area contributed by atoms with Gasteiger partial charge in [0.15, 0.2) is 17.2 Å². The summed E-state index contributed by atoms with van der Waals surface area (Å²) in [5.41, 5.74) is 6.79. The van der Waals surface area contributed by atoms with Gasteiger partial charge in [-0.1, -0.05) is 0 Å². The van der Waals surface area contributed by atoms with E-state index in [-0.39, 0.29) is 5.75 Å². The first kappa shape index (κ1) is 17.2. The SMILES string of the molecule is Oc1cncc(-c2ccc3[nH]nc(-c4nc5nccc(-c6ccncc6)c5[nH]4)c3n2)c1. The summed E-state index contributed by atoms with van der Waals surface area (Å²) in [6.45, 7) is 0. The number of rotatable bonds is 3. The molecule has 0 radical (unpaired) electrons. The first-order chi connectivity index (χ1) is 15.3. The highest BCUT2D eigenvalue weighted by atomic mass is 16.3. The van der Waals surface area contributed by atoms with E-state index in [0.29, 0.717) is 33.9 Å². The van der Waals surface area contributed by atoms with Gasteiger partial charge < -0.3 is 10.1 Å². The Bertz CT molecular complexity index is 1550. The lowest BCUT2D eigenvalue weighted by atomic mass is 10.1. The number of pyridine rings is 4. The number of imidazole rings is 1. The first-order valence-corrected chi connectivity index (χ1v) is 9.51. The van der Waals surface area contributed by atoms with Crippen LogP contribution in [0.4, 0.5) is 0 Å². The number of hydrogen-bond acceptors (Lipinski definition) is 7. The summed E-state index contributed by atoms with van der Waals surface area (Å²) in [6.07, 6.45) is 8.27. The van der Waals surface area contributed by atoms with Crippen molar-refractivity contribution in [2.75, 3.05) is 0 Å². The third-order valence-electron chi connectivity index (χ3n) is 5.03. The minimum atomic E-state index is 0.0822. The maximum atomic E-state index is 9.75. The second-order valence-electron chi connectivity index (χ2n) is 6.98. The monoisotopic (exact) mass is 406 g/mol. The predicted octanol–water partition coefficient (Wildman–Crippen LogP) is 3.73. The zero-order chi connectivity index (χ0) is 20.8. The van der Waals surface area contributed by atoms with Gasteiger partial charge >= 0.3 is 0 Å². The Hall–Kier alpha value is -4.66. The van der Waals surface area contributed by atoms with Crippen LogP contribution >= 0.6 is 0 Å². The Kier molecular flexibility index (Phi) is 3.72. The molecule has 0 unspecified atom stereocenters. The van der Waals surface area contributed by atoms with Crippen molar-refractivity contribution in [3.63, 3.8) is 0 Å². The fraction of sp³-hybridized carbons (Fsp3) is 0. The second-order valence-corrected chi connectivity index (χ2v) is 6.98. The van der Waals surface area contributed by atoms with Gasteiger partial charge in [0.1, 0.15) is 11.3 Å². The molecule has 0 aromatic carbocycles. The number of hydrogen-bond donors (Lipinski definition) is 3. The van der Waals surface area contributed by atoms with Gasteiger partial charge in [-0.15, -0.1) is 0 Å². The van der Waals surface area contributed by atoms with Gasteiger partial charge in [0.25, 0.3) is 0 Å². The third kappa shape index (κ3) is 2.87. The van der Waals surface area contributed by atoms with Crippen LogP contribution in [0.3, 0.4) is 0 Å². The lowest BCUT2D eigenvalue weighted by Crippen LogP contribution is -1.87. The van der Waals surface area contributed by atoms with Crippen molar-refractivity contribution in [2.45, 2.75) is 0 Å². The molecule has 0 aliphatic carbocycles. The number of nitrogens with zero attached hydrogens (tertiary/aromatic N) is 6. The van der Waals surface area contributed by atoms with Crippen molar-refractivity contribution in [3.05, 3.63) is 67.4 Å². The van der Waals surface area contributed by atoms with Crippen molar-refractivity contribution >= 4 is 22.2 Å². The van der Waals surface area contributed by atoms with E-state index >= 15 is 0 Å². The van der Waals surface area contributed by atoms with Crippen molar-refractivity contribution in [2.24, 2.45) is 0 Å². The Labute approximate surface area is 174 Å². The largest absolute Gasteiger partial charge is 0.506 e. The molecular weight excluding hydrogens is 392 g/mol. The predicted molar refractivity (Wildman–Crippen MR) is 115 cm³/mol. The van der Waals surface area contributed by atoms with Crippen LogP contribution in [0.1, 0.15) is 0 Å². The quantitative estimate of drug-likeness (QED) is 0.408. The first-order valence-electron chi connectivity index (χ1n) is 9.51. The number of aromatic amines is 2. The number of aromatic hydroxyl groups is 1. The zero-order valence-electron chi connectivity index (χ0n) is 16.0. The molecule has 9 nitrogen and oxygen atoms in total. The summed E-state index contributed by atoms with van der Waals surface area (Å²) >= 11 is 0. The summed E-state index contributed by atoms with van der Waals surface area (Å²) < 4.78 is 0. The maximum Gasteiger partial charge on any atom is 0.178 e. The molecule has 0 fully saturated rings. The topological polar surface area (TPSA) is 129 Å². The molecule has 6 rings (SSSR count). The molecule has 0 atom stereocenters. The summed E-state index contributed by atoms with van der Waals surface area (Å²) in [5.74, 6) is 0.646. The lowest BCUT2D eigenvalue weighted by molar-refractivity contribution is 0.473. The van der Waals surface area contributed by atoms with Gasteiger partial charge in [0.05, 0.1) is 22.9 Å². The van der Waals surface area contributed by atoms with Crippen molar-refractivity contribution in [3.8, 4) is 39.7 Å². The van der Waals surface area contributed by atoms with Crippen LogP contribution in [0.2, 0.25) is 0 Å². The molecule has 0 saturated carbocycles. The molecule has 6 aromatic heterocycles. The average molecular weight is 406 g/mol. The number of nitrogens with one attached hydrogen (secondary N) is 2. The Balaban J connectivity index is 1.51. The molecule has 0 spiro atoms. The average Bonchev–Trinajstić information content (AvgIpc) is 3.43. The van der Waals surface area contributed by atoms with Gasteiger partial charge in [0, 0.05) is 35.9 Å². The summed E-state index contributed by atoms with van der Waals surface area (Å²) in [6, 6.07) is 11.2. The van der Waals surface area contributed by atoms with Crippen LogP contribution in [0, 0.1) is 0 Å². The fourth-order valence-corrected chi connectivity index (χ4v) is 3.59. The molecule has 6 heterocycles. The molecule has 9 heteroatoms. The molecular formula is C22H14N8O. The standard InChI is InChI=1S/C22H14N8O/c31-14-9-13(10-24-11-14)16-1-2-17-19(26-16)20(30-29-17)22-27-18-15(5-8-25-21(18)28-22)12-3-6-23-7-4-12/h1-11,31H,(H,29,30)(H,25,27,28). The van der Waals surface area contributed by atoms with Crippen molar-refractivity contribution < 1.29 is 5.11 Å². The zero-order valence-corrected chi connectivity index (χ0v) is 16.0. The van der Waals surface area contributed by atoms with E-state index in [2.05, 4.69) is 35.1 Å². The van der Waals surface area contributed by atoms with Crippen molar-refractivity contribution in [1.82, 2.24) is 40.1 Å². The van der Waals surface area contributed by atoms with E-state index in [0.717, 1.165) is 22.2 Å². The van der Waals surface area contributed by atoms with Gasteiger partial charge in [0.2, 0.25) is 0 Å². The Morgan fingerprint density at radius 3 is 2.61 bits per heavy atom. The van der Waals surface area contributed by atoms with E-state index in [1.807, 2.05) is 30.3 Å². The summed E-state index contributed by atoms with van der Waals surface area (Å²) in [7, 11) is 0. The van der Waals surface area contributed by atoms with Gasteiger partial charge in [-0.05, 0) is 42.0 Å². The highest BCUT2D eigenvalue weighted by Crippen LogP contribution is 2.31. The molecule has 6 aromatic rings. The molecule has 0 saturated heterocycles. The lowest BCUT2D eigenvalue weighted by Gasteiger charge is -2.02. The van der Waals surface area contributed by atoms with Crippen LogP contribution in [-0.4, -0.2) is 45.2 Å². The van der Waals surface area contributed by atoms with Crippen LogP contribution in [0.25, 0.3) is 56.1 Å². The highest BCUT2D eigenvalue weighted by molar-refractivity contribution is 5.94. The number of fused-ring (bicyclic) bond motifs is 2. The second kappa shape index (κ2) is 6.70. The third-order valence-corrected chi connectivity index (χ3v) is 5.03. The van der Waals surface area contributed by atoms with Gasteiger partial charge in [-0.25, -0.2) is 15.0 Å². The molecule has 148 valence electrons. The van der Waals surface area contributed by atoms with E-state index in [9.17, 15) is 5.11 Å². The summed E-state index contributed by atoms with van der Waals surface area (Å²) in [5, 5.41) is 17.2. The minimum Gasteiger partial charge on any atom is -0.506 e. The fourth-order valence-electron chi connectivity index (χ4n) is 3.59. The molecule has 0 aliphatic rings. The summed E-state index contributed by atoms with van der Waals surface area (Å²) in [4.78, 5) is 25.3. The molecule has 3 N–H and O–H groups in total. The number of aromatic nitrogens is 8. The molecule has 31 heavy (non-hydrogen) atoms. The number of H-pyrrole nitrogens is 2. The smallest absolute Gasteiger partial charge is 0.178 e. The Morgan fingerprint density at radius 1 is 0.839 bits per heavy atom. The normalized spacial score (nSPS) is 11.4. The minimum absolute atomic E-state index is 0.0822. The van der Waals surface area contributed by atoms with E-state index < -0.39 is 0 Å². The molecule has 0 aliphatic heterocycles. The van der Waals surface area contributed by atoms with Crippen LogP contribution in [0.15, 0.2) is 67.4 Å². The van der Waals surface area contributed by atoms with Crippen LogP contribution in [0.5, 0.6) is 5.75 Å². The van der Waals surface area contributed by atoms with Crippen LogP contribution < -0.4 is 0 Å². The highest BCUT2D eigenvalue weighted by Gasteiger charge is 2.17. The van der Waals surface area contributed by atoms with Crippen LogP contribution in [-0.2, 0) is 0 Å². The van der Waals surface area contributed by atoms with Gasteiger partial charge in [-0.3, -0.25) is 15.1 Å². The van der Waals surface area contributed by atoms with Gasteiger partial charge in [-0.2, -0.15) is 5.10 Å². The maximum absolute atomic E-state index is 9.75.